The Morgan fingerprint density at radius 1 is 1.50 bits per heavy atom. The minimum Gasteiger partial charge on any atom is -0.343 e. The van der Waals surface area contributed by atoms with Crippen molar-refractivity contribution in [3.63, 3.8) is 0 Å². The van der Waals surface area contributed by atoms with Crippen LogP contribution in [0.25, 0.3) is 0 Å². The lowest BCUT2D eigenvalue weighted by Crippen LogP contribution is -2.41. The first-order chi connectivity index (χ1) is 6.61. The SMILES string of the molecule is CCC(C)NCC(=O)N(C)CCNC. The molecule has 0 spiro atoms. The summed E-state index contributed by atoms with van der Waals surface area (Å²) in [4.78, 5) is 13.2. The number of amides is 1. The van der Waals surface area contributed by atoms with Gasteiger partial charge in [0.2, 0.25) is 5.91 Å². The van der Waals surface area contributed by atoms with Crippen LogP contribution in [0, 0.1) is 0 Å². The maximum absolute atomic E-state index is 11.5. The van der Waals surface area contributed by atoms with Gasteiger partial charge in [0.15, 0.2) is 0 Å². The van der Waals surface area contributed by atoms with E-state index in [9.17, 15) is 4.79 Å². The molecule has 1 amide bonds. The molecule has 2 N–H and O–H groups in total. The van der Waals surface area contributed by atoms with E-state index in [1.54, 1.807) is 4.90 Å². The lowest BCUT2D eigenvalue weighted by atomic mass is 10.2. The van der Waals surface area contributed by atoms with Crippen LogP contribution in [0.1, 0.15) is 20.3 Å². The average molecular weight is 201 g/mol. The van der Waals surface area contributed by atoms with Gasteiger partial charge >= 0.3 is 0 Å². The summed E-state index contributed by atoms with van der Waals surface area (Å²) in [6.07, 6.45) is 1.05. The average Bonchev–Trinajstić information content (AvgIpc) is 2.21. The molecule has 0 rings (SSSR count). The molecule has 0 heterocycles. The Kier molecular flexibility index (Phi) is 7.42. The zero-order valence-corrected chi connectivity index (χ0v) is 9.76. The highest BCUT2D eigenvalue weighted by Crippen LogP contribution is 1.88. The smallest absolute Gasteiger partial charge is 0.236 e. The molecule has 0 aromatic heterocycles. The van der Waals surface area contributed by atoms with Crippen molar-refractivity contribution in [3.8, 4) is 0 Å². The molecule has 0 aromatic carbocycles. The van der Waals surface area contributed by atoms with E-state index in [0.29, 0.717) is 12.6 Å². The van der Waals surface area contributed by atoms with Crippen LogP contribution in [0.2, 0.25) is 0 Å². The van der Waals surface area contributed by atoms with Crippen LogP contribution in [-0.2, 0) is 4.79 Å². The van der Waals surface area contributed by atoms with Crippen molar-refractivity contribution in [2.45, 2.75) is 26.3 Å². The third-order valence-corrected chi connectivity index (χ3v) is 2.34. The zero-order chi connectivity index (χ0) is 11.0. The molecule has 0 radical (unpaired) electrons. The Morgan fingerprint density at radius 3 is 2.64 bits per heavy atom. The van der Waals surface area contributed by atoms with Gasteiger partial charge in [0.1, 0.15) is 0 Å². The minimum atomic E-state index is 0.153. The van der Waals surface area contributed by atoms with Gasteiger partial charge in [0.25, 0.3) is 0 Å². The monoisotopic (exact) mass is 201 g/mol. The molecule has 0 fully saturated rings. The molecule has 0 aliphatic carbocycles. The predicted octanol–water partition coefficient (Wildman–Crippen LogP) is 0.0523. The predicted molar refractivity (Wildman–Crippen MR) is 59.3 cm³/mol. The molecule has 0 saturated carbocycles. The summed E-state index contributed by atoms with van der Waals surface area (Å²) in [7, 11) is 3.72. The number of nitrogens with zero attached hydrogens (tertiary/aromatic N) is 1. The van der Waals surface area contributed by atoms with E-state index < -0.39 is 0 Å². The maximum Gasteiger partial charge on any atom is 0.236 e. The van der Waals surface area contributed by atoms with E-state index in [4.69, 9.17) is 0 Å². The van der Waals surface area contributed by atoms with Gasteiger partial charge in [-0.2, -0.15) is 0 Å². The lowest BCUT2D eigenvalue weighted by Gasteiger charge is -2.18. The first-order valence-corrected chi connectivity index (χ1v) is 5.23. The fourth-order valence-electron chi connectivity index (χ4n) is 0.945. The van der Waals surface area contributed by atoms with Crippen LogP contribution < -0.4 is 10.6 Å². The molecule has 0 saturated heterocycles. The van der Waals surface area contributed by atoms with E-state index in [0.717, 1.165) is 19.5 Å². The fourth-order valence-corrected chi connectivity index (χ4v) is 0.945. The largest absolute Gasteiger partial charge is 0.343 e. The molecule has 0 bridgehead atoms. The normalized spacial score (nSPS) is 12.6. The maximum atomic E-state index is 11.5. The van der Waals surface area contributed by atoms with Crippen molar-refractivity contribution in [1.82, 2.24) is 15.5 Å². The number of carbonyl (C=O) groups excluding carboxylic acids is 1. The topological polar surface area (TPSA) is 44.4 Å². The van der Waals surface area contributed by atoms with E-state index in [1.807, 2.05) is 14.1 Å². The summed E-state index contributed by atoms with van der Waals surface area (Å²) >= 11 is 0. The molecule has 0 aliphatic rings. The molecule has 0 aromatic rings. The Labute approximate surface area is 87.0 Å². The quantitative estimate of drug-likeness (QED) is 0.612. The number of nitrogens with one attached hydrogen (secondary N) is 2. The van der Waals surface area contributed by atoms with Gasteiger partial charge in [-0.25, -0.2) is 0 Å². The second kappa shape index (κ2) is 7.76. The standard InChI is InChI=1S/C10H23N3O/c1-5-9(2)12-8-10(14)13(4)7-6-11-3/h9,11-12H,5-8H2,1-4H3. The highest BCUT2D eigenvalue weighted by Gasteiger charge is 2.08. The van der Waals surface area contributed by atoms with Gasteiger partial charge in [-0.3, -0.25) is 4.79 Å². The van der Waals surface area contributed by atoms with Crippen molar-refractivity contribution in [2.24, 2.45) is 0 Å². The summed E-state index contributed by atoms with van der Waals surface area (Å²) in [5.74, 6) is 0.153. The van der Waals surface area contributed by atoms with E-state index in [-0.39, 0.29) is 5.91 Å². The number of hydrogen-bond donors (Lipinski definition) is 2. The first-order valence-electron chi connectivity index (χ1n) is 5.23. The van der Waals surface area contributed by atoms with Gasteiger partial charge in [0, 0.05) is 26.2 Å². The van der Waals surface area contributed by atoms with Crippen LogP contribution in [0.3, 0.4) is 0 Å². The van der Waals surface area contributed by atoms with Crippen molar-refractivity contribution in [3.05, 3.63) is 0 Å². The molecular weight excluding hydrogens is 178 g/mol. The summed E-state index contributed by atoms with van der Waals surface area (Å²) in [6.45, 7) is 6.23. The highest BCUT2D eigenvalue weighted by atomic mass is 16.2. The Balaban J connectivity index is 3.61. The molecule has 14 heavy (non-hydrogen) atoms. The number of hydrogen-bond acceptors (Lipinski definition) is 3. The third kappa shape index (κ3) is 5.94. The molecule has 4 nitrogen and oxygen atoms in total. The number of likely N-dealkylation sites (N-methyl/N-ethyl adjacent to an activating group) is 2. The van der Waals surface area contributed by atoms with Crippen LogP contribution in [0.4, 0.5) is 0 Å². The molecule has 4 heteroatoms. The molecule has 1 atom stereocenters. The highest BCUT2D eigenvalue weighted by molar-refractivity contribution is 5.77. The van der Waals surface area contributed by atoms with E-state index >= 15 is 0 Å². The van der Waals surface area contributed by atoms with Crippen molar-refractivity contribution >= 4 is 5.91 Å². The van der Waals surface area contributed by atoms with Crippen LogP contribution in [0.5, 0.6) is 0 Å². The Hall–Kier alpha value is -0.610. The Morgan fingerprint density at radius 2 is 2.14 bits per heavy atom. The van der Waals surface area contributed by atoms with Gasteiger partial charge in [0.05, 0.1) is 6.54 Å². The summed E-state index contributed by atoms with van der Waals surface area (Å²) in [5.41, 5.74) is 0. The van der Waals surface area contributed by atoms with Gasteiger partial charge in [-0.1, -0.05) is 6.92 Å². The zero-order valence-electron chi connectivity index (χ0n) is 9.76. The molecule has 1 unspecified atom stereocenters. The van der Waals surface area contributed by atoms with E-state index in [1.165, 1.54) is 0 Å². The molecular formula is C10H23N3O. The Bertz CT molecular complexity index is 161. The molecule has 0 aliphatic heterocycles. The number of rotatable bonds is 7. The van der Waals surface area contributed by atoms with Crippen molar-refractivity contribution in [2.75, 3.05) is 33.7 Å². The number of carbonyl (C=O) groups is 1. The lowest BCUT2D eigenvalue weighted by molar-refractivity contribution is -0.129. The third-order valence-electron chi connectivity index (χ3n) is 2.34. The van der Waals surface area contributed by atoms with Crippen LogP contribution in [0.15, 0.2) is 0 Å². The molecule has 84 valence electrons. The van der Waals surface area contributed by atoms with Gasteiger partial charge < -0.3 is 15.5 Å². The van der Waals surface area contributed by atoms with Gasteiger partial charge in [-0.05, 0) is 20.4 Å². The van der Waals surface area contributed by atoms with Gasteiger partial charge in [-0.15, -0.1) is 0 Å². The minimum absolute atomic E-state index is 0.153. The van der Waals surface area contributed by atoms with Crippen molar-refractivity contribution in [1.29, 1.82) is 0 Å². The summed E-state index contributed by atoms with van der Waals surface area (Å²) < 4.78 is 0. The summed E-state index contributed by atoms with van der Waals surface area (Å²) in [5, 5.41) is 6.19. The first kappa shape index (κ1) is 13.4. The van der Waals surface area contributed by atoms with Crippen LogP contribution >= 0.6 is 0 Å². The van der Waals surface area contributed by atoms with Crippen LogP contribution in [-0.4, -0.2) is 50.6 Å². The van der Waals surface area contributed by atoms with Crippen molar-refractivity contribution < 1.29 is 4.79 Å². The second-order valence-corrected chi connectivity index (χ2v) is 3.61. The van der Waals surface area contributed by atoms with E-state index in [2.05, 4.69) is 24.5 Å². The fraction of sp³-hybridized carbons (Fsp3) is 0.900. The summed E-state index contributed by atoms with van der Waals surface area (Å²) in [6, 6.07) is 0.414. The second-order valence-electron chi connectivity index (χ2n) is 3.61.